The van der Waals surface area contributed by atoms with Gasteiger partial charge in [0.15, 0.2) is 0 Å². The van der Waals surface area contributed by atoms with Crippen LogP contribution in [0.25, 0.3) is 20.3 Å². The van der Waals surface area contributed by atoms with Crippen LogP contribution in [0, 0.1) is 0 Å². The van der Waals surface area contributed by atoms with Crippen LogP contribution in [0.5, 0.6) is 0 Å². The van der Waals surface area contributed by atoms with Gasteiger partial charge in [-0.05, 0) is 17.0 Å². The van der Waals surface area contributed by atoms with Crippen molar-refractivity contribution < 1.29 is 0 Å². The van der Waals surface area contributed by atoms with Gasteiger partial charge in [0.1, 0.15) is 11.2 Å². The van der Waals surface area contributed by atoms with E-state index in [1.54, 1.807) is 17.7 Å². The van der Waals surface area contributed by atoms with E-state index >= 15 is 0 Å². The zero-order valence-electron chi connectivity index (χ0n) is 10.2. The molecule has 2 aromatic heterocycles. The first kappa shape index (κ1) is 10.7. The first-order valence-electron chi connectivity index (χ1n) is 5.68. The Morgan fingerprint density at radius 1 is 1.12 bits per heavy atom. The number of fused-ring (bicyclic) bond motifs is 3. The fraction of sp³-hybridized carbons (Fsp3) is 0.286. The molecule has 3 heteroatoms. The molecule has 3 rings (SSSR count). The molecular formula is C14H14N2S. The van der Waals surface area contributed by atoms with E-state index in [4.69, 9.17) is 0 Å². The van der Waals surface area contributed by atoms with Gasteiger partial charge >= 0.3 is 0 Å². The molecule has 1 aromatic carbocycles. The third-order valence-electron chi connectivity index (χ3n) is 3.02. The Kier molecular flexibility index (Phi) is 2.20. The first-order valence-corrected chi connectivity index (χ1v) is 6.50. The quantitative estimate of drug-likeness (QED) is 0.592. The molecule has 0 saturated heterocycles. The number of benzene rings is 1. The van der Waals surface area contributed by atoms with Crippen molar-refractivity contribution in [3.05, 3.63) is 36.3 Å². The molecule has 0 aliphatic carbocycles. The van der Waals surface area contributed by atoms with Gasteiger partial charge in [-0.3, -0.25) is 0 Å². The Labute approximate surface area is 104 Å². The van der Waals surface area contributed by atoms with Gasteiger partial charge in [-0.25, -0.2) is 9.97 Å². The highest BCUT2D eigenvalue weighted by atomic mass is 32.1. The van der Waals surface area contributed by atoms with E-state index in [0.29, 0.717) is 0 Å². The maximum absolute atomic E-state index is 4.32. The summed E-state index contributed by atoms with van der Waals surface area (Å²) in [6, 6.07) is 6.68. The molecule has 86 valence electrons. The van der Waals surface area contributed by atoms with Crippen LogP contribution >= 0.6 is 11.3 Å². The third-order valence-corrected chi connectivity index (χ3v) is 4.10. The summed E-state index contributed by atoms with van der Waals surface area (Å²) in [6.45, 7) is 6.71. The number of thiophene rings is 1. The SMILES string of the molecule is CC(C)(C)c1ccc2c(c1)sc1ncncc12. The minimum atomic E-state index is 0.191. The van der Waals surface area contributed by atoms with Crippen molar-refractivity contribution in [2.75, 3.05) is 0 Å². The van der Waals surface area contributed by atoms with Gasteiger partial charge in [0.05, 0.1) is 0 Å². The molecule has 0 radical (unpaired) electrons. The van der Waals surface area contributed by atoms with Crippen LogP contribution in [0.2, 0.25) is 0 Å². The molecule has 0 N–H and O–H groups in total. The smallest absolute Gasteiger partial charge is 0.127 e. The monoisotopic (exact) mass is 242 g/mol. The van der Waals surface area contributed by atoms with Crippen LogP contribution in [0.15, 0.2) is 30.7 Å². The zero-order valence-corrected chi connectivity index (χ0v) is 11.0. The molecule has 0 aliphatic heterocycles. The summed E-state index contributed by atoms with van der Waals surface area (Å²) in [7, 11) is 0. The second kappa shape index (κ2) is 3.50. The Bertz CT molecular complexity index is 692. The number of hydrogen-bond acceptors (Lipinski definition) is 3. The minimum absolute atomic E-state index is 0.191. The van der Waals surface area contributed by atoms with Gasteiger partial charge in [0.2, 0.25) is 0 Å². The van der Waals surface area contributed by atoms with Gasteiger partial charge in [0, 0.05) is 21.7 Å². The average Bonchev–Trinajstić information content (AvgIpc) is 2.65. The van der Waals surface area contributed by atoms with Crippen LogP contribution in [0.3, 0.4) is 0 Å². The maximum atomic E-state index is 4.32. The van der Waals surface area contributed by atoms with Gasteiger partial charge in [-0.2, -0.15) is 0 Å². The summed E-state index contributed by atoms with van der Waals surface area (Å²) in [6.07, 6.45) is 3.51. The molecule has 0 unspecified atom stereocenters. The lowest BCUT2D eigenvalue weighted by Gasteiger charge is -2.18. The van der Waals surface area contributed by atoms with Crippen molar-refractivity contribution in [2.24, 2.45) is 0 Å². The van der Waals surface area contributed by atoms with E-state index in [-0.39, 0.29) is 5.41 Å². The van der Waals surface area contributed by atoms with Gasteiger partial charge in [-0.15, -0.1) is 11.3 Å². The molecule has 17 heavy (non-hydrogen) atoms. The first-order chi connectivity index (χ1) is 8.05. The Hall–Kier alpha value is -1.48. The van der Waals surface area contributed by atoms with Crippen LogP contribution < -0.4 is 0 Å². The second-order valence-corrected chi connectivity index (χ2v) is 6.34. The number of hydrogen-bond donors (Lipinski definition) is 0. The molecule has 0 atom stereocenters. The highest BCUT2D eigenvalue weighted by molar-refractivity contribution is 7.25. The molecule has 2 heterocycles. The minimum Gasteiger partial charge on any atom is -0.244 e. The van der Waals surface area contributed by atoms with Crippen molar-refractivity contribution in [3.63, 3.8) is 0 Å². The topological polar surface area (TPSA) is 25.8 Å². The molecule has 0 amide bonds. The third kappa shape index (κ3) is 1.71. The second-order valence-electron chi connectivity index (χ2n) is 5.30. The zero-order chi connectivity index (χ0) is 12.0. The van der Waals surface area contributed by atoms with E-state index < -0.39 is 0 Å². The van der Waals surface area contributed by atoms with E-state index in [0.717, 1.165) is 10.2 Å². The largest absolute Gasteiger partial charge is 0.244 e. The maximum Gasteiger partial charge on any atom is 0.127 e. The van der Waals surface area contributed by atoms with E-state index in [2.05, 4.69) is 48.9 Å². The Balaban J connectivity index is 2.34. The van der Waals surface area contributed by atoms with E-state index in [9.17, 15) is 0 Å². The molecule has 0 bridgehead atoms. The molecule has 0 aliphatic rings. The van der Waals surface area contributed by atoms with E-state index in [1.165, 1.54) is 15.6 Å². The van der Waals surface area contributed by atoms with Crippen molar-refractivity contribution in [2.45, 2.75) is 26.2 Å². The average molecular weight is 242 g/mol. The van der Waals surface area contributed by atoms with Crippen molar-refractivity contribution in [3.8, 4) is 0 Å². The molecule has 0 saturated carbocycles. The number of aromatic nitrogens is 2. The van der Waals surface area contributed by atoms with Crippen molar-refractivity contribution >= 4 is 31.6 Å². The standard InChI is InChI=1S/C14H14N2S/c1-14(2,3)9-4-5-10-11-7-15-8-16-13(11)17-12(10)6-9/h4-8H,1-3H3. The van der Waals surface area contributed by atoms with Crippen LogP contribution in [0.1, 0.15) is 26.3 Å². The summed E-state index contributed by atoms with van der Waals surface area (Å²) < 4.78 is 1.30. The van der Waals surface area contributed by atoms with Crippen LogP contribution in [-0.2, 0) is 5.41 Å². The number of nitrogens with zero attached hydrogens (tertiary/aromatic N) is 2. The fourth-order valence-corrected chi connectivity index (χ4v) is 3.04. The lowest BCUT2D eigenvalue weighted by molar-refractivity contribution is 0.591. The molecule has 0 fully saturated rings. The van der Waals surface area contributed by atoms with Gasteiger partial charge in [0.25, 0.3) is 0 Å². The summed E-state index contributed by atoms with van der Waals surface area (Å²) in [5.41, 5.74) is 1.56. The van der Waals surface area contributed by atoms with Gasteiger partial charge in [-0.1, -0.05) is 32.9 Å². The summed E-state index contributed by atoms with van der Waals surface area (Å²) in [5, 5.41) is 2.42. The van der Waals surface area contributed by atoms with Crippen LogP contribution in [0.4, 0.5) is 0 Å². The molecule has 2 nitrogen and oxygen atoms in total. The molecule has 3 aromatic rings. The van der Waals surface area contributed by atoms with Gasteiger partial charge < -0.3 is 0 Å². The lowest BCUT2D eigenvalue weighted by Crippen LogP contribution is -2.10. The predicted octanol–water partition coefficient (Wildman–Crippen LogP) is 4.14. The lowest BCUT2D eigenvalue weighted by atomic mass is 9.87. The van der Waals surface area contributed by atoms with Crippen molar-refractivity contribution in [1.82, 2.24) is 9.97 Å². The summed E-state index contributed by atoms with van der Waals surface area (Å²) in [5.74, 6) is 0. The number of rotatable bonds is 0. The summed E-state index contributed by atoms with van der Waals surface area (Å²) >= 11 is 1.74. The van der Waals surface area contributed by atoms with E-state index in [1.807, 2.05) is 6.20 Å². The highest BCUT2D eigenvalue weighted by Crippen LogP contribution is 2.34. The molecule has 0 spiro atoms. The summed E-state index contributed by atoms with van der Waals surface area (Å²) in [4.78, 5) is 9.49. The Morgan fingerprint density at radius 2 is 1.94 bits per heavy atom. The predicted molar refractivity (Wildman–Crippen MR) is 73.6 cm³/mol. The highest BCUT2D eigenvalue weighted by Gasteiger charge is 2.15. The van der Waals surface area contributed by atoms with Crippen LogP contribution in [-0.4, -0.2) is 9.97 Å². The molecular weight excluding hydrogens is 228 g/mol. The normalized spacial score (nSPS) is 12.4. The fourth-order valence-electron chi connectivity index (χ4n) is 1.98. The van der Waals surface area contributed by atoms with Crippen molar-refractivity contribution in [1.29, 1.82) is 0 Å². The Morgan fingerprint density at radius 3 is 2.71 bits per heavy atom.